The molecular weight excluding hydrogens is 192 g/mol. The van der Waals surface area contributed by atoms with Gasteiger partial charge in [-0.05, 0) is 18.3 Å². The number of hydrogen-bond acceptors (Lipinski definition) is 0. The lowest BCUT2D eigenvalue weighted by atomic mass is 9.91. The molecule has 0 aromatic heterocycles. The van der Waals surface area contributed by atoms with Crippen LogP contribution in [-0.2, 0) is 0 Å². The Morgan fingerprint density at radius 3 is 1.94 bits per heavy atom. The Kier molecular flexibility index (Phi) is 11.5. The fourth-order valence-electron chi connectivity index (χ4n) is 2.35. The first-order chi connectivity index (χ1) is 7.70. The van der Waals surface area contributed by atoms with Crippen molar-refractivity contribution in [2.75, 3.05) is 0 Å². The average Bonchev–Trinajstić information content (AvgIpc) is 2.27. The van der Waals surface area contributed by atoms with E-state index in [0.717, 1.165) is 18.3 Å². The summed E-state index contributed by atoms with van der Waals surface area (Å²) < 4.78 is 0. The standard InChI is InChI=1S/C16H33/c1-5-7-8-9-10-11-12-13-16(4)14-15(3)6-2/h15-16H,1,5-14H2,2-4H3. The Morgan fingerprint density at radius 2 is 1.38 bits per heavy atom. The largest absolute Gasteiger partial charge is 0.0651 e. The maximum atomic E-state index is 3.88. The minimum atomic E-state index is 0.923. The van der Waals surface area contributed by atoms with Crippen LogP contribution in [0.5, 0.6) is 0 Å². The number of hydrogen-bond donors (Lipinski definition) is 0. The SMILES string of the molecule is [CH2]CCCCCCCCC(C)CC(C)CC. The molecule has 0 saturated carbocycles. The highest BCUT2D eigenvalue weighted by atomic mass is 14.1. The summed E-state index contributed by atoms with van der Waals surface area (Å²) in [5.74, 6) is 1.86. The molecule has 0 bridgehead atoms. The lowest BCUT2D eigenvalue weighted by Crippen LogP contribution is -2.02. The molecule has 97 valence electrons. The molecule has 16 heavy (non-hydrogen) atoms. The Balaban J connectivity index is 3.18. The van der Waals surface area contributed by atoms with Gasteiger partial charge in [0, 0.05) is 0 Å². The van der Waals surface area contributed by atoms with Crippen LogP contribution in [-0.4, -0.2) is 0 Å². The molecular formula is C16H33. The molecule has 0 aromatic carbocycles. The van der Waals surface area contributed by atoms with Gasteiger partial charge >= 0.3 is 0 Å². The molecule has 0 spiro atoms. The minimum Gasteiger partial charge on any atom is -0.0651 e. The molecule has 0 aromatic rings. The van der Waals surface area contributed by atoms with Crippen molar-refractivity contribution in [3.8, 4) is 0 Å². The molecule has 2 atom stereocenters. The summed E-state index contributed by atoms with van der Waals surface area (Å²) in [6.45, 7) is 11.0. The van der Waals surface area contributed by atoms with E-state index < -0.39 is 0 Å². The Labute approximate surface area is 104 Å². The van der Waals surface area contributed by atoms with Gasteiger partial charge < -0.3 is 0 Å². The lowest BCUT2D eigenvalue weighted by molar-refractivity contribution is 0.374. The van der Waals surface area contributed by atoms with Gasteiger partial charge in [-0.2, -0.15) is 0 Å². The van der Waals surface area contributed by atoms with Crippen molar-refractivity contribution >= 4 is 0 Å². The van der Waals surface area contributed by atoms with Crippen molar-refractivity contribution in [3.05, 3.63) is 6.92 Å². The summed E-state index contributed by atoms with van der Waals surface area (Å²) in [5, 5.41) is 0. The van der Waals surface area contributed by atoms with Crippen LogP contribution in [0.2, 0.25) is 0 Å². The van der Waals surface area contributed by atoms with Gasteiger partial charge in [-0.25, -0.2) is 0 Å². The molecule has 0 heterocycles. The van der Waals surface area contributed by atoms with E-state index in [1.165, 1.54) is 57.8 Å². The van der Waals surface area contributed by atoms with E-state index >= 15 is 0 Å². The molecule has 0 amide bonds. The highest BCUT2D eigenvalue weighted by Gasteiger charge is 2.06. The summed E-state index contributed by atoms with van der Waals surface area (Å²) in [6, 6.07) is 0. The summed E-state index contributed by atoms with van der Waals surface area (Å²) >= 11 is 0. The Bertz CT molecular complexity index is 128. The lowest BCUT2D eigenvalue weighted by Gasteiger charge is -2.15. The van der Waals surface area contributed by atoms with Gasteiger partial charge in [0.1, 0.15) is 0 Å². The van der Waals surface area contributed by atoms with E-state index in [1.807, 2.05) is 0 Å². The van der Waals surface area contributed by atoms with Crippen LogP contribution in [0.4, 0.5) is 0 Å². The maximum Gasteiger partial charge on any atom is -0.0440 e. The first-order valence-corrected chi connectivity index (χ1v) is 7.49. The van der Waals surface area contributed by atoms with E-state index in [1.54, 1.807) is 0 Å². The van der Waals surface area contributed by atoms with Crippen LogP contribution >= 0.6 is 0 Å². The highest BCUT2D eigenvalue weighted by molar-refractivity contribution is 4.59. The van der Waals surface area contributed by atoms with Crippen molar-refractivity contribution in [2.45, 2.75) is 85.0 Å². The third kappa shape index (κ3) is 10.5. The van der Waals surface area contributed by atoms with Gasteiger partial charge in [-0.3, -0.25) is 0 Å². The molecule has 1 radical (unpaired) electrons. The van der Waals surface area contributed by atoms with Gasteiger partial charge in [0.15, 0.2) is 0 Å². The van der Waals surface area contributed by atoms with Crippen LogP contribution in [0.15, 0.2) is 0 Å². The Hall–Kier alpha value is 0. The first kappa shape index (κ1) is 16.0. The third-order valence-corrected chi connectivity index (χ3v) is 3.70. The summed E-state index contributed by atoms with van der Waals surface area (Å²) in [4.78, 5) is 0. The van der Waals surface area contributed by atoms with E-state index in [2.05, 4.69) is 27.7 Å². The van der Waals surface area contributed by atoms with E-state index in [9.17, 15) is 0 Å². The van der Waals surface area contributed by atoms with Crippen molar-refractivity contribution in [1.82, 2.24) is 0 Å². The van der Waals surface area contributed by atoms with Crippen molar-refractivity contribution in [1.29, 1.82) is 0 Å². The van der Waals surface area contributed by atoms with Gasteiger partial charge in [0.2, 0.25) is 0 Å². The monoisotopic (exact) mass is 225 g/mol. The molecule has 0 aliphatic heterocycles. The Morgan fingerprint density at radius 1 is 0.812 bits per heavy atom. The van der Waals surface area contributed by atoms with Crippen LogP contribution in [0.3, 0.4) is 0 Å². The molecule has 0 fully saturated rings. The summed E-state index contributed by atoms with van der Waals surface area (Å²) in [6.07, 6.45) is 13.8. The second-order valence-electron chi connectivity index (χ2n) is 5.62. The average molecular weight is 225 g/mol. The molecule has 0 aliphatic rings. The van der Waals surface area contributed by atoms with E-state index in [-0.39, 0.29) is 0 Å². The normalized spacial score (nSPS) is 15.0. The molecule has 0 heteroatoms. The zero-order chi connectivity index (χ0) is 12.2. The van der Waals surface area contributed by atoms with Gasteiger partial charge in [-0.15, -0.1) is 0 Å². The van der Waals surface area contributed by atoms with Crippen molar-refractivity contribution in [2.24, 2.45) is 11.8 Å². The van der Waals surface area contributed by atoms with Crippen LogP contribution in [0.1, 0.15) is 85.0 Å². The number of unbranched alkanes of at least 4 members (excludes halogenated alkanes) is 6. The first-order valence-electron chi connectivity index (χ1n) is 7.49. The van der Waals surface area contributed by atoms with Crippen LogP contribution in [0.25, 0.3) is 0 Å². The fourth-order valence-corrected chi connectivity index (χ4v) is 2.35. The van der Waals surface area contributed by atoms with Crippen molar-refractivity contribution < 1.29 is 0 Å². The van der Waals surface area contributed by atoms with Gasteiger partial charge in [0.25, 0.3) is 0 Å². The highest BCUT2D eigenvalue weighted by Crippen LogP contribution is 2.20. The smallest absolute Gasteiger partial charge is 0.0440 e. The zero-order valence-electron chi connectivity index (χ0n) is 11.9. The van der Waals surface area contributed by atoms with Crippen molar-refractivity contribution in [3.63, 3.8) is 0 Å². The topological polar surface area (TPSA) is 0 Å². The molecule has 0 saturated heterocycles. The van der Waals surface area contributed by atoms with Crippen LogP contribution < -0.4 is 0 Å². The zero-order valence-corrected chi connectivity index (χ0v) is 11.9. The summed E-state index contributed by atoms with van der Waals surface area (Å²) in [5.41, 5.74) is 0. The van der Waals surface area contributed by atoms with E-state index in [0.29, 0.717) is 0 Å². The second kappa shape index (κ2) is 11.5. The van der Waals surface area contributed by atoms with Crippen LogP contribution in [0, 0.1) is 18.8 Å². The van der Waals surface area contributed by atoms with E-state index in [4.69, 9.17) is 0 Å². The number of rotatable bonds is 11. The maximum absolute atomic E-state index is 3.88. The fraction of sp³-hybridized carbons (Fsp3) is 0.938. The summed E-state index contributed by atoms with van der Waals surface area (Å²) in [7, 11) is 0. The third-order valence-electron chi connectivity index (χ3n) is 3.70. The molecule has 0 N–H and O–H groups in total. The molecule has 0 nitrogen and oxygen atoms in total. The van der Waals surface area contributed by atoms with Gasteiger partial charge in [-0.1, -0.05) is 85.5 Å². The molecule has 0 rings (SSSR count). The molecule has 0 aliphatic carbocycles. The predicted octanol–water partition coefficient (Wildman–Crippen LogP) is 6.01. The molecule has 2 unspecified atom stereocenters. The second-order valence-corrected chi connectivity index (χ2v) is 5.62. The minimum absolute atomic E-state index is 0.923. The predicted molar refractivity (Wildman–Crippen MR) is 75.5 cm³/mol. The van der Waals surface area contributed by atoms with Gasteiger partial charge in [0.05, 0.1) is 0 Å². The quantitative estimate of drug-likeness (QED) is 0.377.